The molecular formula is C22H21FN4OS. The zero-order valence-corrected chi connectivity index (χ0v) is 17.3. The van der Waals surface area contributed by atoms with E-state index in [1.165, 1.54) is 22.4 Å². The summed E-state index contributed by atoms with van der Waals surface area (Å²) in [5, 5.41) is 5.53. The Morgan fingerprint density at radius 1 is 1.07 bits per heavy atom. The van der Waals surface area contributed by atoms with Gasteiger partial charge >= 0.3 is 0 Å². The minimum absolute atomic E-state index is 0.201. The number of aromatic nitrogens is 4. The summed E-state index contributed by atoms with van der Waals surface area (Å²) in [4.78, 5) is 17.9. The van der Waals surface area contributed by atoms with Crippen molar-refractivity contribution in [2.75, 3.05) is 5.75 Å². The summed E-state index contributed by atoms with van der Waals surface area (Å²) in [5.41, 5.74) is 3.51. The molecule has 0 N–H and O–H groups in total. The Morgan fingerprint density at radius 3 is 2.59 bits per heavy atom. The first-order chi connectivity index (χ1) is 13.9. The fourth-order valence-corrected chi connectivity index (χ4v) is 4.21. The van der Waals surface area contributed by atoms with Gasteiger partial charge in [0, 0.05) is 11.4 Å². The maximum Gasteiger partial charge on any atom is 0.266 e. The Labute approximate surface area is 172 Å². The summed E-state index contributed by atoms with van der Waals surface area (Å²) in [6.07, 6.45) is 0. The van der Waals surface area contributed by atoms with Crippen LogP contribution in [0.1, 0.15) is 17.0 Å². The molecule has 0 bridgehead atoms. The standard InChI is InChI=1S/C22H21FN4OS/c1-14-8-9-17(13-19(14)23)27-21(28)18-6-4-5-7-20(18)24-22(27)29-11-10-26-16(3)12-15(2)25-26/h4-9,12-13H,10-11H2,1-3H3. The second kappa shape index (κ2) is 7.83. The third kappa shape index (κ3) is 3.82. The van der Waals surface area contributed by atoms with E-state index in [2.05, 4.69) is 5.10 Å². The maximum absolute atomic E-state index is 14.2. The predicted molar refractivity (Wildman–Crippen MR) is 114 cm³/mol. The molecular weight excluding hydrogens is 387 g/mol. The number of halogens is 1. The molecule has 0 atom stereocenters. The van der Waals surface area contributed by atoms with Gasteiger partial charge in [-0.05, 0) is 56.7 Å². The van der Waals surface area contributed by atoms with Crippen LogP contribution in [0, 0.1) is 26.6 Å². The number of benzene rings is 2. The van der Waals surface area contributed by atoms with Crippen LogP contribution in [0.4, 0.5) is 4.39 Å². The number of nitrogens with zero attached hydrogens (tertiary/aromatic N) is 4. The molecule has 0 saturated heterocycles. The molecule has 148 valence electrons. The highest BCUT2D eigenvalue weighted by molar-refractivity contribution is 7.99. The molecule has 0 unspecified atom stereocenters. The van der Waals surface area contributed by atoms with E-state index >= 15 is 0 Å². The molecule has 2 heterocycles. The zero-order chi connectivity index (χ0) is 20.5. The van der Waals surface area contributed by atoms with Crippen LogP contribution in [0.2, 0.25) is 0 Å². The van der Waals surface area contributed by atoms with Crippen LogP contribution >= 0.6 is 11.8 Å². The highest BCUT2D eigenvalue weighted by Crippen LogP contribution is 2.23. The number of hydrogen-bond donors (Lipinski definition) is 0. The summed E-state index contributed by atoms with van der Waals surface area (Å²) in [6.45, 7) is 6.37. The van der Waals surface area contributed by atoms with Gasteiger partial charge in [-0.25, -0.2) is 9.37 Å². The van der Waals surface area contributed by atoms with Gasteiger partial charge < -0.3 is 0 Å². The molecule has 0 aliphatic heterocycles. The molecule has 0 fully saturated rings. The summed E-state index contributed by atoms with van der Waals surface area (Å²) in [7, 11) is 0. The predicted octanol–water partition coefficient (Wildman–Crippen LogP) is 4.44. The van der Waals surface area contributed by atoms with Gasteiger partial charge in [0.05, 0.1) is 28.8 Å². The van der Waals surface area contributed by atoms with E-state index in [1.807, 2.05) is 36.7 Å². The van der Waals surface area contributed by atoms with Gasteiger partial charge in [0.15, 0.2) is 5.16 Å². The van der Waals surface area contributed by atoms with E-state index in [4.69, 9.17) is 4.98 Å². The lowest BCUT2D eigenvalue weighted by Gasteiger charge is -2.14. The molecule has 29 heavy (non-hydrogen) atoms. The Kier molecular flexibility index (Phi) is 5.24. The average Bonchev–Trinajstić information content (AvgIpc) is 3.01. The van der Waals surface area contributed by atoms with Crippen molar-refractivity contribution in [3.05, 3.63) is 81.7 Å². The summed E-state index contributed by atoms with van der Waals surface area (Å²) >= 11 is 1.46. The van der Waals surface area contributed by atoms with Crippen molar-refractivity contribution in [3.8, 4) is 5.69 Å². The van der Waals surface area contributed by atoms with Crippen molar-refractivity contribution in [3.63, 3.8) is 0 Å². The first kappa shape index (κ1) is 19.4. The second-order valence-electron chi connectivity index (χ2n) is 6.98. The number of fused-ring (bicyclic) bond motifs is 1. The largest absolute Gasteiger partial charge is 0.269 e. The molecule has 4 aromatic rings. The minimum atomic E-state index is -0.346. The Hall–Kier alpha value is -2.93. The van der Waals surface area contributed by atoms with Gasteiger partial charge in [0.25, 0.3) is 5.56 Å². The lowest BCUT2D eigenvalue weighted by molar-refractivity contribution is 0.615. The van der Waals surface area contributed by atoms with Crippen LogP contribution in [-0.2, 0) is 6.54 Å². The van der Waals surface area contributed by atoms with E-state index in [0.29, 0.717) is 39.6 Å². The Bertz CT molecular complexity index is 1260. The normalized spacial score (nSPS) is 11.3. The van der Waals surface area contributed by atoms with Crippen LogP contribution in [0.15, 0.2) is 58.5 Å². The van der Waals surface area contributed by atoms with Crippen LogP contribution in [0.25, 0.3) is 16.6 Å². The van der Waals surface area contributed by atoms with Crippen molar-refractivity contribution < 1.29 is 4.39 Å². The van der Waals surface area contributed by atoms with Gasteiger partial charge in [-0.15, -0.1) is 0 Å². The van der Waals surface area contributed by atoms with E-state index in [1.54, 1.807) is 31.2 Å². The molecule has 0 aliphatic carbocycles. The molecule has 0 aliphatic rings. The minimum Gasteiger partial charge on any atom is -0.269 e. The smallest absolute Gasteiger partial charge is 0.266 e. The fraction of sp³-hybridized carbons (Fsp3) is 0.227. The lowest BCUT2D eigenvalue weighted by Crippen LogP contribution is -2.22. The number of aryl methyl sites for hydroxylation is 4. The van der Waals surface area contributed by atoms with Crippen molar-refractivity contribution in [2.24, 2.45) is 0 Å². The van der Waals surface area contributed by atoms with Crippen LogP contribution < -0.4 is 5.56 Å². The first-order valence-electron chi connectivity index (χ1n) is 9.36. The molecule has 4 rings (SSSR count). The van der Waals surface area contributed by atoms with Crippen molar-refractivity contribution in [1.82, 2.24) is 19.3 Å². The summed E-state index contributed by atoms with van der Waals surface area (Å²) in [5.74, 6) is 0.335. The number of hydrogen-bond acceptors (Lipinski definition) is 4. The lowest BCUT2D eigenvalue weighted by atomic mass is 10.2. The van der Waals surface area contributed by atoms with Crippen molar-refractivity contribution >= 4 is 22.7 Å². The average molecular weight is 409 g/mol. The number of thioether (sulfide) groups is 1. The van der Waals surface area contributed by atoms with Gasteiger partial charge in [0.2, 0.25) is 0 Å². The Morgan fingerprint density at radius 2 is 1.86 bits per heavy atom. The molecule has 0 radical (unpaired) electrons. The van der Waals surface area contributed by atoms with Crippen molar-refractivity contribution in [2.45, 2.75) is 32.5 Å². The number of rotatable bonds is 5. The topological polar surface area (TPSA) is 52.7 Å². The van der Waals surface area contributed by atoms with Crippen LogP contribution in [0.5, 0.6) is 0 Å². The quantitative estimate of drug-likeness (QED) is 0.362. The van der Waals surface area contributed by atoms with E-state index in [-0.39, 0.29) is 11.4 Å². The molecule has 2 aromatic carbocycles. The molecule has 0 amide bonds. The SMILES string of the molecule is Cc1cc(C)n(CCSc2nc3ccccc3c(=O)n2-c2ccc(C)c(F)c2)n1. The van der Waals surface area contributed by atoms with Gasteiger partial charge in [-0.1, -0.05) is 30.0 Å². The fourth-order valence-electron chi connectivity index (χ4n) is 3.28. The molecule has 7 heteroatoms. The third-order valence-electron chi connectivity index (χ3n) is 4.80. The van der Waals surface area contributed by atoms with Gasteiger partial charge in [-0.3, -0.25) is 14.0 Å². The summed E-state index contributed by atoms with van der Waals surface area (Å²) < 4.78 is 17.6. The first-order valence-corrected chi connectivity index (χ1v) is 10.3. The molecule has 2 aromatic heterocycles. The zero-order valence-electron chi connectivity index (χ0n) is 16.5. The molecule has 0 saturated carbocycles. The van der Waals surface area contributed by atoms with E-state index in [0.717, 1.165) is 11.4 Å². The van der Waals surface area contributed by atoms with Crippen molar-refractivity contribution in [1.29, 1.82) is 0 Å². The molecule has 5 nitrogen and oxygen atoms in total. The Balaban J connectivity index is 1.75. The van der Waals surface area contributed by atoms with E-state index in [9.17, 15) is 9.18 Å². The number of para-hydroxylation sites is 1. The second-order valence-corrected chi connectivity index (χ2v) is 8.05. The monoisotopic (exact) mass is 408 g/mol. The highest BCUT2D eigenvalue weighted by atomic mass is 32.2. The van der Waals surface area contributed by atoms with E-state index < -0.39 is 0 Å². The van der Waals surface area contributed by atoms with Crippen LogP contribution in [-0.4, -0.2) is 25.1 Å². The molecule has 0 spiro atoms. The van der Waals surface area contributed by atoms with Crippen LogP contribution in [0.3, 0.4) is 0 Å². The third-order valence-corrected chi connectivity index (χ3v) is 5.71. The summed E-state index contributed by atoms with van der Waals surface area (Å²) in [6, 6.07) is 14.1. The highest BCUT2D eigenvalue weighted by Gasteiger charge is 2.14. The maximum atomic E-state index is 14.2. The van der Waals surface area contributed by atoms with Gasteiger partial charge in [0.1, 0.15) is 5.82 Å². The van der Waals surface area contributed by atoms with Gasteiger partial charge in [-0.2, -0.15) is 5.10 Å².